The predicted molar refractivity (Wildman–Crippen MR) is 89.8 cm³/mol. The van der Waals surface area contributed by atoms with Gasteiger partial charge in [0, 0.05) is 36.2 Å². The molecule has 124 valence electrons. The van der Waals surface area contributed by atoms with Crippen molar-refractivity contribution >= 4 is 17.5 Å². The third-order valence-electron chi connectivity index (χ3n) is 4.81. The molecule has 1 aliphatic heterocycles. The molecular formula is C19H20N2O3. The van der Waals surface area contributed by atoms with Gasteiger partial charge in [-0.3, -0.25) is 9.59 Å². The molecule has 5 heteroatoms. The van der Waals surface area contributed by atoms with Gasteiger partial charge in [0.15, 0.2) is 0 Å². The summed E-state index contributed by atoms with van der Waals surface area (Å²) in [5.41, 5.74) is 1.31. The molecule has 2 aromatic rings. The predicted octanol–water partition coefficient (Wildman–Crippen LogP) is 3.26. The molecule has 24 heavy (non-hydrogen) atoms. The second kappa shape index (κ2) is 6.15. The van der Waals surface area contributed by atoms with Gasteiger partial charge in [-0.05, 0) is 49.6 Å². The summed E-state index contributed by atoms with van der Waals surface area (Å²) in [5.74, 6) is 1.03. The zero-order chi connectivity index (χ0) is 16.5. The topological polar surface area (TPSA) is 62.6 Å². The Balaban J connectivity index is 1.41. The highest BCUT2D eigenvalue weighted by Gasteiger charge is 2.45. The number of benzene rings is 1. The van der Waals surface area contributed by atoms with E-state index in [0.29, 0.717) is 11.3 Å². The molecule has 1 saturated heterocycles. The average Bonchev–Trinajstić information content (AvgIpc) is 3.03. The Hall–Kier alpha value is -2.56. The van der Waals surface area contributed by atoms with Gasteiger partial charge in [-0.2, -0.15) is 0 Å². The van der Waals surface area contributed by atoms with Crippen LogP contribution in [-0.2, 0) is 4.79 Å². The lowest BCUT2D eigenvalue weighted by atomic mass is 10.1. The molecule has 1 aromatic heterocycles. The van der Waals surface area contributed by atoms with Crippen LogP contribution in [0.1, 0.15) is 41.3 Å². The van der Waals surface area contributed by atoms with Crippen LogP contribution in [0.2, 0.25) is 0 Å². The summed E-state index contributed by atoms with van der Waals surface area (Å²) in [6.45, 7) is 1.64. The number of likely N-dealkylation sites (tertiary alicyclic amines) is 1. The first-order valence-electron chi connectivity index (χ1n) is 8.46. The number of amides is 2. The summed E-state index contributed by atoms with van der Waals surface area (Å²) in [7, 11) is 0. The first-order chi connectivity index (χ1) is 11.7. The molecule has 1 N–H and O–H groups in total. The Bertz CT molecular complexity index is 748. The van der Waals surface area contributed by atoms with E-state index in [1.165, 1.54) is 0 Å². The van der Waals surface area contributed by atoms with Crippen LogP contribution < -0.4 is 5.32 Å². The molecule has 1 aliphatic carbocycles. The van der Waals surface area contributed by atoms with E-state index in [-0.39, 0.29) is 23.7 Å². The molecule has 2 aliphatic rings. The SMILES string of the molecule is O=C(Nc1cccc(C(=O)N2CCCC2)c1)C1CC1c1ccco1. The molecule has 4 rings (SSSR count). The summed E-state index contributed by atoms with van der Waals surface area (Å²) in [6.07, 6.45) is 4.58. The van der Waals surface area contributed by atoms with Crippen molar-refractivity contribution in [1.82, 2.24) is 4.90 Å². The number of anilines is 1. The number of carbonyl (C=O) groups is 2. The number of carbonyl (C=O) groups excluding carboxylic acids is 2. The van der Waals surface area contributed by atoms with E-state index in [2.05, 4.69) is 5.32 Å². The van der Waals surface area contributed by atoms with Crippen molar-refractivity contribution in [3.05, 3.63) is 54.0 Å². The van der Waals surface area contributed by atoms with Crippen LogP contribution in [0.3, 0.4) is 0 Å². The van der Waals surface area contributed by atoms with Gasteiger partial charge in [-0.25, -0.2) is 0 Å². The fourth-order valence-electron chi connectivity index (χ4n) is 3.37. The number of nitrogens with one attached hydrogen (secondary N) is 1. The van der Waals surface area contributed by atoms with Crippen molar-refractivity contribution in [2.45, 2.75) is 25.2 Å². The minimum Gasteiger partial charge on any atom is -0.469 e. The molecule has 2 atom stereocenters. The smallest absolute Gasteiger partial charge is 0.253 e. The quantitative estimate of drug-likeness (QED) is 0.939. The number of hydrogen-bond donors (Lipinski definition) is 1. The summed E-state index contributed by atoms with van der Waals surface area (Å²) in [6, 6.07) is 11.0. The lowest BCUT2D eigenvalue weighted by Gasteiger charge is -2.15. The average molecular weight is 324 g/mol. The Labute approximate surface area is 140 Å². The van der Waals surface area contributed by atoms with Crippen LogP contribution in [0.5, 0.6) is 0 Å². The monoisotopic (exact) mass is 324 g/mol. The summed E-state index contributed by atoms with van der Waals surface area (Å²) in [4.78, 5) is 26.7. The van der Waals surface area contributed by atoms with Gasteiger partial charge in [-0.15, -0.1) is 0 Å². The number of hydrogen-bond acceptors (Lipinski definition) is 3. The molecular weight excluding hydrogens is 304 g/mol. The minimum atomic E-state index is -0.0471. The van der Waals surface area contributed by atoms with Gasteiger partial charge in [0.05, 0.1) is 6.26 Å². The van der Waals surface area contributed by atoms with E-state index in [1.807, 2.05) is 29.2 Å². The zero-order valence-electron chi connectivity index (χ0n) is 13.4. The standard InChI is InChI=1S/C19H20N2O3/c22-18(16-12-15(16)17-7-4-10-24-17)20-14-6-3-5-13(11-14)19(23)21-8-1-2-9-21/h3-7,10-11,15-16H,1-2,8-9,12H2,(H,20,22). The van der Waals surface area contributed by atoms with Crippen LogP contribution in [0.15, 0.2) is 47.1 Å². The van der Waals surface area contributed by atoms with Gasteiger partial charge in [0.1, 0.15) is 5.76 Å². The fraction of sp³-hybridized carbons (Fsp3) is 0.368. The lowest BCUT2D eigenvalue weighted by Crippen LogP contribution is -2.27. The van der Waals surface area contributed by atoms with E-state index < -0.39 is 0 Å². The lowest BCUT2D eigenvalue weighted by molar-refractivity contribution is -0.117. The van der Waals surface area contributed by atoms with Crippen molar-refractivity contribution in [1.29, 1.82) is 0 Å². The number of furan rings is 1. The maximum absolute atomic E-state index is 12.4. The van der Waals surface area contributed by atoms with Gasteiger partial charge in [-0.1, -0.05) is 6.07 Å². The molecule has 2 amide bonds. The molecule has 1 aromatic carbocycles. The molecule has 5 nitrogen and oxygen atoms in total. The minimum absolute atomic E-state index is 0.0119. The Kier molecular flexibility index (Phi) is 3.84. The maximum Gasteiger partial charge on any atom is 0.253 e. The van der Waals surface area contributed by atoms with E-state index in [0.717, 1.165) is 38.1 Å². The van der Waals surface area contributed by atoms with Crippen molar-refractivity contribution in [3.8, 4) is 0 Å². The van der Waals surface area contributed by atoms with Crippen LogP contribution in [0, 0.1) is 5.92 Å². The maximum atomic E-state index is 12.4. The summed E-state index contributed by atoms with van der Waals surface area (Å²) < 4.78 is 5.37. The van der Waals surface area contributed by atoms with E-state index in [9.17, 15) is 9.59 Å². The molecule has 2 fully saturated rings. The number of rotatable bonds is 4. The third-order valence-corrected chi connectivity index (χ3v) is 4.81. The normalized spacial score (nSPS) is 22.4. The van der Waals surface area contributed by atoms with Gasteiger partial charge in [0.25, 0.3) is 5.91 Å². The first-order valence-corrected chi connectivity index (χ1v) is 8.46. The number of nitrogens with zero attached hydrogens (tertiary/aromatic N) is 1. The molecule has 0 radical (unpaired) electrons. The van der Waals surface area contributed by atoms with E-state index >= 15 is 0 Å². The third kappa shape index (κ3) is 2.94. The largest absolute Gasteiger partial charge is 0.469 e. The van der Waals surface area contributed by atoms with Gasteiger partial charge >= 0.3 is 0 Å². The van der Waals surface area contributed by atoms with Crippen LogP contribution in [-0.4, -0.2) is 29.8 Å². The summed E-state index contributed by atoms with van der Waals surface area (Å²) in [5, 5.41) is 2.93. The first kappa shape index (κ1) is 15.0. The highest BCUT2D eigenvalue weighted by atomic mass is 16.3. The van der Waals surface area contributed by atoms with Gasteiger partial charge < -0.3 is 14.6 Å². The summed E-state index contributed by atoms with van der Waals surface area (Å²) >= 11 is 0. The molecule has 0 spiro atoms. The van der Waals surface area contributed by atoms with E-state index in [1.54, 1.807) is 18.4 Å². The van der Waals surface area contributed by atoms with Crippen molar-refractivity contribution in [2.24, 2.45) is 5.92 Å². The Morgan fingerprint density at radius 1 is 1.12 bits per heavy atom. The molecule has 0 bridgehead atoms. The van der Waals surface area contributed by atoms with Crippen molar-refractivity contribution < 1.29 is 14.0 Å². The van der Waals surface area contributed by atoms with Crippen molar-refractivity contribution in [2.75, 3.05) is 18.4 Å². The van der Waals surface area contributed by atoms with Crippen LogP contribution >= 0.6 is 0 Å². The van der Waals surface area contributed by atoms with E-state index in [4.69, 9.17) is 4.42 Å². The van der Waals surface area contributed by atoms with Gasteiger partial charge in [0.2, 0.25) is 5.91 Å². The Morgan fingerprint density at radius 2 is 1.96 bits per heavy atom. The van der Waals surface area contributed by atoms with Crippen molar-refractivity contribution in [3.63, 3.8) is 0 Å². The molecule has 2 heterocycles. The second-order valence-electron chi connectivity index (χ2n) is 6.53. The molecule has 1 saturated carbocycles. The van der Waals surface area contributed by atoms with Crippen LogP contribution in [0.4, 0.5) is 5.69 Å². The fourth-order valence-corrected chi connectivity index (χ4v) is 3.37. The second-order valence-corrected chi connectivity index (χ2v) is 6.53. The highest BCUT2D eigenvalue weighted by Crippen LogP contribution is 2.48. The molecule has 2 unspecified atom stereocenters. The highest BCUT2D eigenvalue weighted by molar-refractivity contribution is 5.98. The zero-order valence-corrected chi connectivity index (χ0v) is 13.4. The Morgan fingerprint density at radius 3 is 2.71 bits per heavy atom. The van der Waals surface area contributed by atoms with Crippen LogP contribution in [0.25, 0.3) is 0 Å².